The van der Waals surface area contributed by atoms with E-state index in [1.807, 2.05) is 24.3 Å². The third kappa shape index (κ3) is 3.12. The van der Waals surface area contributed by atoms with Gasteiger partial charge in [0.2, 0.25) is 0 Å². The molecular formula is C20H18FN3O3. The van der Waals surface area contributed by atoms with E-state index in [4.69, 9.17) is 4.74 Å². The molecule has 1 atom stereocenters. The molecule has 0 spiro atoms. The van der Waals surface area contributed by atoms with Crippen LogP contribution in [0.15, 0.2) is 59.8 Å². The predicted octanol–water partition coefficient (Wildman–Crippen LogP) is 2.48. The number of amides is 3. The topological polar surface area (TPSA) is 70.7 Å². The van der Waals surface area contributed by atoms with Crippen LogP contribution in [0.25, 0.3) is 0 Å². The van der Waals surface area contributed by atoms with Gasteiger partial charge in [0, 0.05) is 12.1 Å². The summed E-state index contributed by atoms with van der Waals surface area (Å²) in [5.41, 5.74) is 2.11. The maximum atomic E-state index is 14.3. The number of halogens is 1. The monoisotopic (exact) mass is 367 g/mol. The standard InChI is InChI=1S/C20H18FN3O3/c1-27-13-8-6-12(7-9-13)10-24-11-16-17(19(24)25)18(23-20(26)22-16)14-4-2-3-5-15(14)21/h2-9,18H,10-11H2,1H3,(H2,22,23,26). The second kappa shape index (κ2) is 6.75. The van der Waals surface area contributed by atoms with Gasteiger partial charge in [0.05, 0.1) is 31.0 Å². The zero-order chi connectivity index (χ0) is 19.0. The van der Waals surface area contributed by atoms with Crippen molar-refractivity contribution in [3.05, 3.63) is 76.7 Å². The van der Waals surface area contributed by atoms with Crippen LogP contribution in [0.5, 0.6) is 5.75 Å². The summed E-state index contributed by atoms with van der Waals surface area (Å²) in [6, 6.07) is 12.3. The minimum absolute atomic E-state index is 0.221. The molecule has 138 valence electrons. The quantitative estimate of drug-likeness (QED) is 0.872. The number of nitrogens with one attached hydrogen (secondary N) is 2. The van der Waals surface area contributed by atoms with Gasteiger partial charge in [-0.25, -0.2) is 9.18 Å². The Morgan fingerprint density at radius 3 is 2.59 bits per heavy atom. The van der Waals surface area contributed by atoms with E-state index in [9.17, 15) is 14.0 Å². The average Bonchev–Trinajstić information content (AvgIpc) is 2.97. The Morgan fingerprint density at radius 1 is 1.15 bits per heavy atom. The Labute approximate surface area is 155 Å². The summed E-state index contributed by atoms with van der Waals surface area (Å²) in [4.78, 5) is 26.7. The maximum Gasteiger partial charge on any atom is 0.319 e. The molecule has 0 radical (unpaired) electrons. The first kappa shape index (κ1) is 17.1. The van der Waals surface area contributed by atoms with Crippen LogP contribution in [0.3, 0.4) is 0 Å². The third-order valence-corrected chi connectivity index (χ3v) is 4.77. The molecule has 2 heterocycles. The van der Waals surface area contributed by atoms with Crippen LogP contribution >= 0.6 is 0 Å². The Bertz CT molecular complexity index is 940. The van der Waals surface area contributed by atoms with E-state index in [2.05, 4.69) is 10.6 Å². The predicted molar refractivity (Wildman–Crippen MR) is 96.2 cm³/mol. The van der Waals surface area contributed by atoms with Crippen molar-refractivity contribution in [3.8, 4) is 5.75 Å². The Morgan fingerprint density at radius 2 is 1.89 bits per heavy atom. The molecule has 0 bridgehead atoms. The molecule has 2 aliphatic heterocycles. The molecule has 0 saturated carbocycles. The molecule has 0 saturated heterocycles. The number of hydrogen-bond donors (Lipinski definition) is 2. The molecule has 2 N–H and O–H groups in total. The normalized spacial score (nSPS) is 18.9. The summed E-state index contributed by atoms with van der Waals surface area (Å²) in [5.74, 6) is 0.0551. The van der Waals surface area contributed by atoms with Crippen molar-refractivity contribution >= 4 is 11.9 Å². The van der Waals surface area contributed by atoms with Gasteiger partial charge in [0.25, 0.3) is 5.91 Å². The Balaban J connectivity index is 1.61. The van der Waals surface area contributed by atoms with E-state index in [0.717, 1.165) is 11.3 Å². The summed E-state index contributed by atoms with van der Waals surface area (Å²) in [6.07, 6.45) is 0. The van der Waals surface area contributed by atoms with Gasteiger partial charge < -0.3 is 20.3 Å². The molecular weight excluding hydrogens is 349 g/mol. The average molecular weight is 367 g/mol. The van der Waals surface area contributed by atoms with Crippen molar-refractivity contribution in [1.82, 2.24) is 15.5 Å². The second-order valence-corrected chi connectivity index (χ2v) is 6.45. The van der Waals surface area contributed by atoms with E-state index in [1.54, 1.807) is 30.2 Å². The lowest BCUT2D eigenvalue weighted by atomic mass is 9.96. The van der Waals surface area contributed by atoms with Crippen LogP contribution in [-0.2, 0) is 11.3 Å². The van der Waals surface area contributed by atoms with Gasteiger partial charge in [-0.05, 0) is 23.8 Å². The van der Waals surface area contributed by atoms with Crippen molar-refractivity contribution in [2.45, 2.75) is 12.6 Å². The molecule has 1 unspecified atom stereocenters. The molecule has 0 aliphatic carbocycles. The van der Waals surface area contributed by atoms with Gasteiger partial charge in [0.15, 0.2) is 0 Å². The van der Waals surface area contributed by atoms with Gasteiger partial charge in [-0.15, -0.1) is 0 Å². The first-order chi connectivity index (χ1) is 13.1. The molecule has 2 aliphatic rings. The van der Waals surface area contributed by atoms with Crippen molar-refractivity contribution in [3.63, 3.8) is 0 Å². The van der Waals surface area contributed by atoms with Crippen LogP contribution in [0, 0.1) is 5.82 Å². The third-order valence-electron chi connectivity index (χ3n) is 4.77. The minimum atomic E-state index is -0.802. The lowest BCUT2D eigenvalue weighted by molar-refractivity contribution is -0.126. The molecule has 7 heteroatoms. The van der Waals surface area contributed by atoms with E-state index in [-0.39, 0.29) is 18.0 Å². The van der Waals surface area contributed by atoms with Gasteiger partial charge in [-0.3, -0.25) is 4.79 Å². The first-order valence-electron chi connectivity index (χ1n) is 8.54. The van der Waals surface area contributed by atoms with E-state index < -0.39 is 17.9 Å². The summed E-state index contributed by atoms with van der Waals surface area (Å²) in [6.45, 7) is 0.661. The Hall–Kier alpha value is -3.35. The fourth-order valence-corrected chi connectivity index (χ4v) is 3.45. The molecule has 0 aromatic heterocycles. The number of nitrogens with zero attached hydrogens (tertiary/aromatic N) is 1. The van der Waals surface area contributed by atoms with E-state index >= 15 is 0 Å². The van der Waals surface area contributed by atoms with Crippen LogP contribution in [0.2, 0.25) is 0 Å². The van der Waals surface area contributed by atoms with Crippen molar-refractivity contribution in [1.29, 1.82) is 0 Å². The van der Waals surface area contributed by atoms with Gasteiger partial charge >= 0.3 is 6.03 Å². The number of urea groups is 1. The highest BCUT2D eigenvalue weighted by Gasteiger charge is 2.41. The molecule has 6 nitrogen and oxygen atoms in total. The zero-order valence-corrected chi connectivity index (χ0v) is 14.7. The summed E-state index contributed by atoms with van der Waals surface area (Å²) in [7, 11) is 1.59. The fourth-order valence-electron chi connectivity index (χ4n) is 3.45. The number of carbonyl (C=O) groups excluding carboxylic acids is 2. The maximum absolute atomic E-state index is 14.3. The lowest BCUT2D eigenvalue weighted by Crippen LogP contribution is -2.44. The van der Waals surface area contributed by atoms with Crippen molar-refractivity contribution in [2.75, 3.05) is 13.7 Å². The number of ether oxygens (including phenoxy) is 1. The zero-order valence-electron chi connectivity index (χ0n) is 14.7. The minimum Gasteiger partial charge on any atom is -0.497 e. The van der Waals surface area contributed by atoms with Gasteiger partial charge in [-0.1, -0.05) is 30.3 Å². The SMILES string of the molecule is COc1ccc(CN2CC3=C(C2=O)C(c2ccccc2F)NC(=O)N3)cc1. The molecule has 4 rings (SSSR count). The molecule has 0 fully saturated rings. The van der Waals surface area contributed by atoms with Gasteiger partial charge in [-0.2, -0.15) is 0 Å². The van der Waals surface area contributed by atoms with Gasteiger partial charge in [0.1, 0.15) is 11.6 Å². The number of benzene rings is 2. The highest BCUT2D eigenvalue weighted by atomic mass is 19.1. The smallest absolute Gasteiger partial charge is 0.319 e. The van der Waals surface area contributed by atoms with E-state index in [0.29, 0.717) is 17.8 Å². The van der Waals surface area contributed by atoms with Crippen molar-refractivity contribution < 1.29 is 18.7 Å². The number of methoxy groups -OCH3 is 1. The summed E-state index contributed by atoms with van der Waals surface area (Å²) < 4.78 is 19.4. The first-order valence-corrected chi connectivity index (χ1v) is 8.54. The number of carbonyl (C=O) groups is 2. The van der Waals surface area contributed by atoms with E-state index in [1.165, 1.54) is 6.07 Å². The lowest BCUT2D eigenvalue weighted by Gasteiger charge is -2.25. The van der Waals surface area contributed by atoms with Crippen molar-refractivity contribution in [2.24, 2.45) is 0 Å². The molecule has 3 amide bonds. The highest BCUT2D eigenvalue weighted by Crippen LogP contribution is 2.34. The second-order valence-electron chi connectivity index (χ2n) is 6.45. The Kier molecular flexibility index (Phi) is 4.27. The van der Waals surface area contributed by atoms with Crippen LogP contribution in [0.1, 0.15) is 17.2 Å². The van der Waals surface area contributed by atoms with Crippen LogP contribution in [-0.4, -0.2) is 30.5 Å². The molecule has 27 heavy (non-hydrogen) atoms. The number of rotatable bonds is 4. The number of hydrogen-bond acceptors (Lipinski definition) is 3. The highest BCUT2D eigenvalue weighted by molar-refractivity contribution is 6.01. The largest absolute Gasteiger partial charge is 0.497 e. The fraction of sp³-hybridized carbons (Fsp3) is 0.200. The molecule has 2 aromatic rings. The summed E-state index contributed by atoms with van der Waals surface area (Å²) in [5, 5.41) is 5.35. The van der Waals surface area contributed by atoms with Crippen LogP contribution < -0.4 is 15.4 Å². The van der Waals surface area contributed by atoms with Crippen LogP contribution in [0.4, 0.5) is 9.18 Å². The molecule has 2 aromatic carbocycles. The summed E-state index contributed by atoms with van der Waals surface area (Å²) >= 11 is 0.